The van der Waals surface area contributed by atoms with E-state index in [9.17, 15) is 10.1 Å². The molecule has 3 aromatic carbocycles. The monoisotopic (exact) mass is 416 g/mol. The SMILES string of the molecule is Cc1ccc(COc2ccccc2/C=C(/C#N)C(=O)Nc2ccc(C)c(Cl)c2)cc1. The van der Waals surface area contributed by atoms with Crippen molar-refractivity contribution < 1.29 is 9.53 Å². The fourth-order valence-corrected chi connectivity index (χ4v) is 2.93. The van der Waals surface area contributed by atoms with Gasteiger partial charge in [0.1, 0.15) is 24.0 Å². The van der Waals surface area contributed by atoms with E-state index in [4.69, 9.17) is 16.3 Å². The second-order valence-electron chi connectivity index (χ2n) is 6.90. The summed E-state index contributed by atoms with van der Waals surface area (Å²) in [6.07, 6.45) is 1.52. The van der Waals surface area contributed by atoms with Crippen molar-refractivity contribution in [1.82, 2.24) is 0 Å². The van der Waals surface area contributed by atoms with Crippen molar-refractivity contribution in [3.8, 4) is 11.8 Å². The van der Waals surface area contributed by atoms with E-state index in [2.05, 4.69) is 5.32 Å². The molecule has 0 bridgehead atoms. The number of halogens is 1. The third kappa shape index (κ3) is 5.50. The number of benzene rings is 3. The second kappa shape index (κ2) is 9.78. The van der Waals surface area contributed by atoms with Crippen LogP contribution in [-0.2, 0) is 11.4 Å². The molecule has 0 unspecified atom stereocenters. The number of nitrogens with zero attached hydrogens (tertiary/aromatic N) is 1. The Morgan fingerprint density at radius 3 is 2.53 bits per heavy atom. The Bertz CT molecular complexity index is 1130. The van der Waals surface area contributed by atoms with Crippen LogP contribution >= 0.6 is 11.6 Å². The molecule has 0 spiro atoms. The smallest absolute Gasteiger partial charge is 0.266 e. The van der Waals surface area contributed by atoms with E-state index in [-0.39, 0.29) is 5.57 Å². The number of ether oxygens (including phenoxy) is 1. The molecule has 3 aromatic rings. The van der Waals surface area contributed by atoms with Gasteiger partial charge in [-0.25, -0.2) is 0 Å². The van der Waals surface area contributed by atoms with Crippen LogP contribution in [-0.4, -0.2) is 5.91 Å². The van der Waals surface area contributed by atoms with E-state index in [1.165, 1.54) is 11.6 Å². The van der Waals surface area contributed by atoms with Crippen LogP contribution in [0.4, 0.5) is 5.69 Å². The zero-order valence-electron chi connectivity index (χ0n) is 16.8. The lowest BCUT2D eigenvalue weighted by Gasteiger charge is -2.10. The van der Waals surface area contributed by atoms with Crippen LogP contribution in [0.15, 0.2) is 72.3 Å². The highest BCUT2D eigenvalue weighted by molar-refractivity contribution is 6.31. The Balaban J connectivity index is 1.78. The number of amides is 1. The molecule has 0 radical (unpaired) electrons. The highest BCUT2D eigenvalue weighted by atomic mass is 35.5. The molecule has 0 saturated heterocycles. The van der Waals surface area contributed by atoms with E-state index in [0.29, 0.717) is 28.6 Å². The van der Waals surface area contributed by atoms with Gasteiger partial charge in [-0.3, -0.25) is 4.79 Å². The van der Waals surface area contributed by atoms with Crippen LogP contribution in [0.5, 0.6) is 5.75 Å². The van der Waals surface area contributed by atoms with Crippen LogP contribution in [0, 0.1) is 25.2 Å². The number of nitriles is 1. The van der Waals surface area contributed by atoms with E-state index in [1.54, 1.807) is 18.2 Å². The minimum atomic E-state index is -0.509. The molecule has 0 atom stereocenters. The molecule has 0 saturated carbocycles. The predicted molar refractivity (Wildman–Crippen MR) is 120 cm³/mol. The molecular formula is C25H21ClN2O2. The van der Waals surface area contributed by atoms with Gasteiger partial charge in [-0.05, 0) is 49.2 Å². The molecule has 150 valence electrons. The maximum Gasteiger partial charge on any atom is 0.266 e. The van der Waals surface area contributed by atoms with Crippen molar-refractivity contribution in [2.24, 2.45) is 0 Å². The number of para-hydroxylation sites is 1. The topological polar surface area (TPSA) is 62.1 Å². The van der Waals surface area contributed by atoms with Crippen LogP contribution in [0.3, 0.4) is 0 Å². The van der Waals surface area contributed by atoms with E-state index < -0.39 is 5.91 Å². The number of carbonyl (C=O) groups is 1. The fourth-order valence-electron chi connectivity index (χ4n) is 2.75. The summed E-state index contributed by atoms with van der Waals surface area (Å²) in [7, 11) is 0. The highest BCUT2D eigenvalue weighted by Crippen LogP contribution is 2.24. The number of hydrogen-bond donors (Lipinski definition) is 1. The molecule has 0 fully saturated rings. The number of nitrogens with one attached hydrogen (secondary N) is 1. The van der Waals surface area contributed by atoms with Crippen molar-refractivity contribution in [3.63, 3.8) is 0 Å². The minimum absolute atomic E-state index is 0.0296. The maximum atomic E-state index is 12.6. The van der Waals surface area contributed by atoms with Crippen molar-refractivity contribution in [2.45, 2.75) is 20.5 Å². The van der Waals surface area contributed by atoms with Gasteiger partial charge in [0.25, 0.3) is 5.91 Å². The van der Waals surface area contributed by atoms with Gasteiger partial charge in [-0.2, -0.15) is 5.26 Å². The zero-order valence-corrected chi connectivity index (χ0v) is 17.5. The van der Waals surface area contributed by atoms with Gasteiger partial charge in [0.05, 0.1) is 0 Å². The molecule has 4 nitrogen and oxygen atoms in total. The summed E-state index contributed by atoms with van der Waals surface area (Å²) in [5.74, 6) is 0.0859. The van der Waals surface area contributed by atoms with E-state index >= 15 is 0 Å². The van der Waals surface area contributed by atoms with Gasteiger partial charge < -0.3 is 10.1 Å². The van der Waals surface area contributed by atoms with Gasteiger partial charge in [-0.1, -0.05) is 65.7 Å². The highest BCUT2D eigenvalue weighted by Gasteiger charge is 2.12. The Kier molecular flexibility index (Phi) is 6.90. The normalized spacial score (nSPS) is 10.9. The third-order valence-corrected chi connectivity index (χ3v) is 4.94. The van der Waals surface area contributed by atoms with Crippen molar-refractivity contribution >= 4 is 29.3 Å². The number of hydrogen-bond acceptors (Lipinski definition) is 3. The summed E-state index contributed by atoms with van der Waals surface area (Å²) in [4.78, 5) is 12.6. The summed E-state index contributed by atoms with van der Waals surface area (Å²) in [5.41, 5.74) is 4.28. The fraction of sp³-hybridized carbons (Fsp3) is 0.120. The van der Waals surface area contributed by atoms with Crippen LogP contribution in [0.1, 0.15) is 22.3 Å². The average Bonchev–Trinajstić information content (AvgIpc) is 2.75. The number of aryl methyl sites for hydroxylation is 2. The molecule has 0 aliphatic carbocycles. The molecular weight excluding hydrogens is 396 g/mol. The van der Waals surface area contributed by atoms with Gasteiger partial charge in [0.15, 0.2) is 0 Å². The van der Waals surface area contributed by atoms with E-state index in [0.717, 1.165) is 11.1 Å². The number of carbonyl (C=O) groups excluding carboxylic acids is 1. The van der Waals surface area contributed by atoms with Gasteiger partial charge in [0, 0.05) is 16.3 Å². The molecule has 0 aliphatic rings. The van der Waals surface area contributed by atoms with Gasteiger partial charge >= 0.3 is 0 Å². The molecule has 3 rings (SSSR count). The quantitative estimate of drug-likeness (QED) is 0.391. The first-order chi connectivity index (χ1) is 14.5. The summed E-state index contributed by atoms with van der Waals surface area (Å²) in [5, 5.41) is 12.8. The first kappa shape index (κ1) is 21.2. The molecule has 5 heteroatoms. The lowest BCUT2D eigenvalue weighted by atomic mass is 10.1. The zero-order chi connectivity index (χ0) is 21.5. The Labute approximate surface area is 181 Å². The average molecular weight is 417 g/mol. The Morgan fingerprint density at radius 2 is 1.83 bits per heavy atom. The lowest BCUT2D eigenvalue weighted by molar-refractivity contribution is -0.112. The molecule has 0 heterocycles. The standard InChI is InChI=1S/C25H21ClN2O2/c1-17-7-10-19(11-8-17)16-30-24-6-4-3-5-20(24)13-21(15-27)25(29)28-22-12-9-18(2)23(26)14-22/h3-14H,16H2,1-2H3,(H,28,29)/b21-13-. The molecule has 0 aromatic heterocycles. The number of anilines is 1. The summed E-state index contributed by atoms with van der Waals surface area (Å²) >= 11 is 6.11. The van der Waals surface area contributed by atoms with Crippen LogP contribution < -0.4 is 10.1 Å². The third-order valence-electron chi connectivity index (χ3n) is 4.53. The summed E-state index contributed by atoms with van der Waals surface area (Å²) in [6.45, 7) is 4.30. The maximum absolute atomic E-state index is 12.6. The first-order valence-corrected chi connectivity index (χ1v) is 9.81. The van der Waals surface area contributed by atoms with E-state index in [1.807, 2.05) is 68.4 Å². The van der Waals surface area contributed by atoms with Crippen molar-refractivity contribution in [2.75, 3.05) is 5.32 Å². The molecule has 30 heavy (non-hydrogen) atoms. The summed E-state index contributed by atoms with van der Waals surface area (Å²) < 4.78 is 5.93. The lowest BCUT2D eigenvalue weighted by Crippen LogP contribution is -2.13. The summed E-state index contributed by atoms with van der Waals surface area (Å²) in [6, 6.07) is 22.5. The largest absolute Gasteiger partial charge is 0.488 e. The Hall–Kier alpha value is -3.55. The number of rotatable bonds is 6. The van der Waals surface area contributed by atoms with Gasteiger partial charge in [-0.15, -0.1) is 0 Å². The van der Waals surface area contributed by atoms with Crippen molar-refractivity contribution in [3.05, 3.63) is 99.6 Å². The van der Waals surface area contributed by atoms with Gasteiger partial charge in [0.2, 0.25) is 0 Å². The molecule has 0 aliphatic heterocycles. The van der Waals surface area contributed by atoms with Crippen molar-refractivity contribution in [1.29, 1.82) is 5.26 Å². The molecule has 1 amide bonds. The molecule has 1 N–H and O–H groups in total. The van der Waals surface area contributed by atoms with Crippen LogP contribution in [0.2, 0.25) is 5.02 Å². The Morgan fingerprint density at radius 1 is 1.10 bits per heavy atom. The second-order valence-corrected chi connectivity index (χ2v) is 7.31. The minimum Gasteiger partial charge on any atom is -0.488 e. The first-order valence-electron chi connectivity index (χ1n) is 9.43. The van der Waals surface area contributed by atoms with Crippen LogP contribution in [0.25, 0.3) is 6.08 Å². The predicted octanol–water partition coefficient (Wildman–Crippen LogP) is 6.08.